The fourth-order valence-corrected chi connectivity index (χ4v) is 3.56. The second-order valence-electron chi connectivity index (χ2n) is 8.32. The van der Waals surface area contributed by atoms with Crippen LogP contribution in [0.5, 0.6) is 0 Å². The van der Waals surface area contributed by atoms with Gasteiger partial charge in [-0.05, 0) is 18.2 Å². The van der Waals surface area contributed by atoms with Gasteiger partial charge in [-0.3, -0.25) is 10.1 Å². The number of rotatable bonds is 7. The standard InChI is InChI=1S/C19H18F3N7O4.C5H8N2O2.2Y/c1-32-18(31)25-14-7-12(19(20,21)22)11(8-24-14)16-26-17(28-2-4-33-5-3-28)13-6-10(15(23)30)9-29(13)27-16;1-2-5(9)7-3-4(6)8;;/h6-9H,2-5H2,1H3,(H3,23,24,25,27,30,31);2H,1,3H2,(H3,6,7,8,9);;/p-2. The van der Waals surface area contributed by atoms with Crippen LogP contribution >= 0.6 is 0 Å². The fraction of sp³-hybridized carbons (Fsp3) is 0.292. The van der Waals surface area contributed by atoms with E-state index in [1.165, 1.54) is 16.8 Å². The van der Waals surface area contributed by atoms with Crippen molar-refractivity contribution < 1.29 is 107 Å². The summed E-state index contributed by atoms with van der Waals surface area (Å²) in [6.07, 6.45) is -2.59. The number of anilines is 2. The first-order valence-electron chi connectivity index (χ1n) is 11.9. The predicted octanol–water partition coefficient (Wildman–Crippen LogP) is 2.88. The van der Waals surface area contributed by atoms with Gasteiger partial charge in [-0.25, -0.2) is 19.3 Å². The van der Waals surface area contributed by atoms with Gasteiger partial charge in [-0.2, -0.15) is 13.2 Å². The summed E-state index contributed by atoms with van der Waals surface area (Å²) in [6, 6.07) is 2.07. The number of hydrogen-bond acceptors (Lipinski definition) is 10. The zero-order valence-electron chi connectivity index (χ0n) is 23.1. The molecule has 4 amide bonds. The van der Waals surface area contributed by atoms with Crippen molar-refractivity contribution in [1.29, 1.82) is 0 Å². The third kappa shape index (κ3) is 10.5. The van der Waals surface area contributed by atoms with E-state index in [2.05, 4.69) is 37.0 Å². The third-order valence-corrected chi connectivity index (χ3v) is 5.49. The summed E-state index contributed by atoms with van der Waals surface area (Å²) in [5, 5.41) is 8.38. The van der Waals surface area contributed by atoms with Crippen molar-refractivity contribution >= 4 is 41.0 Å². The van der Waals surface area contributed by atoms with E-state index in [-0.39, 0.29) is 89.2 Å². The molecule has 20 heteroatoms. The second kappa shape index (κ2) is 17.4. The van der Waals surface area contributed by atoms with Gasteiger partial charge in [0.2, 0.25) is 5.91 Å². The third-order valence-electron chi connectivity index (χ3n) is 5.49. The van der Waals surface area contributed by atoms with Crippen LogP contribution in [0.15, 0.2) is 37.2 Å². The van der Waals surface area contributed by atoms with E-state index in [0.29, 0.717) is 43.7 Å². The molecule has 3 aromatic rings. The molecule has 1 fully saturated rings. The average Bonchev–Trinajstić information content (AvgIpc) is 3.40. The van der Waals surface area contributed by atoms with Crippen LogP contribution in [-0.4, -0.2) is 83.4 Å². The van der Waals surface area contributed by atoms with Crippen molar-refractivity contribution in [2.24, 2.45) is 0 Å². The number of fused-ring (bicyclic) bond motifs is 1. The molecule has 0 spiro atoms. The number of methoxy groups -OCH3 is 1. The molecule has 1 saturated heterocycles. The normalized spacial score (nSPS) is 12.4. The Hall–Kier alpha value is -3.05. The van der Waals surface area contributed by atoms with E-state index in [1.807, 2.05) is 0 Å². The van der Waals surface area contributed by atoms with Crippen LogP contribution in [0.2, 0.25) is 0 Å². The number of carbonyl (C=O) groups excluding carboxylic acids is 4. The molecule has 44 heavy (non-hydrogen) atoms. The van der Waals surface area contributed by atoms with E-state index in [0.717, 1.165) is 19.4 Å². The summed E-state index contributed by atoms with van der Waals surface area (Å²) < 4.78 is 52.6. The molecule has 4 N–H and O–H groups in total. The molecule has 15 nitrogen and oxygen atoms in total. The second-order valence-corrected chi connectivity index (χ2v) is 8.32. The van der Waals surface area contributed by atoms with Gasteiger partial charge >= 0.3 is 12.3 Å². The number of hydrogen-bond donors (Lipinski definition) is 2. The van der Waals surface area contributed by atoms with Crippen molar-refractivity contribution in [1.82, 2.24) is 24.9 Å². The minimum Gasteiger partial charge on any atom is -0.666 e. The molecule has 230 valence electrons. The minimum atomic E-state index is -4.82. The Balaban J connectivity index is 0.000000770. The van der Waals surface area contributed by atoms with E-state index in [4.69, 9.17) is 16.2 Å². The first-order chi connectivity index (χ1) is 19.8. The van der Waals surface area contributed by atoms with E-state index >= 15 is 0 Å². The molecule has 4 heterocycles. The number of aromatic nitrogens is 4. The topological polar surface area (TPSA) is 205 Å². The number of carbonyl (C=O) groups is 4. The van der Waals surface area contributed by atoms with Gasteiger partial charge in [0.05, 0.1) is 49.8 Å². The Morgan fingerprint density at radius 2 is 1.82 bits per heavy atom. The van der Waals surface area contributed by atoms with E-state index < -0.39 is 41.1 Å². The first-order valence-corrected chi connectivity index (χ1v) is 11.9. The van der Waals surface area contributed by atoms with Gasteiger partial charge < -0.3 is 40.7 Å². The zero-order chi connectivity index (χ0) is 31.0. The SMILES string of the molecule is C=CC(=O)NCC([NH-])=O.COC(=O)Nc1cc(C(F)(F)F)c(-c2nc(N3CCOCC3)c3cc(C([NH-])=O)cn3n2)cn1.[Y].[Y]. The number of pyridine rings is 1. The van der Waals surface area contributed by atoms with Crippen LogP contribution in [0.3, 0.4) is 0 Å². The summed E-state index contributed by atoms with van der Waals surface area (Å²) in [7, 11) is 1.07. The molecule has 0 saturated carbocycles. The van der Waals surface area contributed by atoms with Gasteiger partial charge in [-0.15, -0.1) is 5.10 Å². The van der Waals surface area contributed by atoms with Crippen molar-refractivity contribution in [3.8, 4) is 11.4 Å². The Morgan fingerprint density at radius 1 is 1.16 bits per heavy atom. The van der Waals surface area contributed by atoms with Crippen LogP contribution in [-0.2, 0) is 90.7 Å². The predicted molar refractivity (Wildman–Crippen MR) is 141 cm³/mol. The Bertz CT molecular complexity index is 1510. The molecule has 0 aliphatic carbocycles. The molecule has 1 aliphatic heterocycles. The monoisotopic (exact) mass is 769 g/mol. The van der Waals surface area contributed by atoms with Crippen LogP contribution < -0.4 is 15.5 Å². The quantitative estimate of drug-likeness (QED) is 0.336. The minimum absolute atomic E-state index is 0. The number of nitrogens with zero attached hydrogens (tertiary/aromatic N) is 5. The van der Waals surface area contributed by atoms with E-state index in [1.54, 1.807) is 4.90 Å². The summed E-state index contributed by atoms with van der Waals surface area (Å²) >= 11 is 0. The summed E-state index contributed by atoms with van der Waals surface area (Å²) in [4.78, 5) is 53.1. The summed E-state index contributed by atoms with van der Waals surface area (Å²) in [5.74, 6) is -2.59. The smallest absolute Gasteiger partial charge is 0.417 e. The number of amides is 4. The molecule has 0 bridgehead atoms. The van der Waals surface area contributed by atoms with Crippen molar-refractivity contribution in [3.05, 3.63) is 59.8 Å². The number of halogens is 3. The molecule has 3 aromatic heterocycles. The number of ether oxygens (including phenoxy) is 2. The Morgan fingerprint density at radius 3 is 2.36 bits per heavy atom. The van der Waals surface area contributed by atoms with Gasteiger partial charge in [0.1, 0.15) is 11.3 Å². The molecule has 4 rings (SSSR count). The van der Waals surface area contributed by atoms with Gasteiger partial charge in [-0.1, -0.05) is 6.58 Å². The Kier molecular flexibility index (Phi) is 15.4. The van der Waals surface area contributed by atoms with Crippen LogP contribution in [0.4, 0.5) is 29.6 Å². The zero-order valence-corrected chi connectivity index (χ0v) is 28.8. The Labute approximate surface area is 298 Å². The molecule has 0 unspecified atom stereocenters. The maximum Gasteiger partial charge on any atom is 0.417 e. The van der Waals surface area contributed by atoms with Crippen molar-refractivity contribution in [2.75, 3.05) is 50.2 Å². The van der Waals surface area contributed by atoms with Crippen LogP contribution in [0.25, 0.3) is 28.4 Å². The molecule has 0 aromatic carbocycles. The van der Waals surface area contributed by atoms with E-state index in [9.17, 15) is 32.3 Å². The summed E-state index contributed by atoms with van der Waals surface area (Å²) in [5.41, 5.74) is 12.5. The maximum absolute atomic E-state index is 13.9. The number of morpholine rings is 1. The van der Waals surface area contributed by atoms with Gasteiger partial charge in [0.25, 0.3) is 0 Å². The van der Waals surface area contributed by atoms with Crippen molar-refractivity contribution in [3.63, 3.8) is 0 Å². The van der Waals surface area contributed by atoms with Crippen molar-refractivity contribution in [2.45, 2.75) is 6.18 Å². The molecular formula is C24H24F3N9O6Y2-2. The maximum atomic E-state index is 13.9. The fourth-order valence-electron chi connectivity index (χ4n) is 3.56. The summed E-state index contributed by atoms with van der Waals surface area (Å²) in [6.45, 7) is 4.53. The number of alkyl halides is 3. The molecular weight excluding hydrogens is 745 g/mol. The average molecular weight is 769 g/mol. The molecule has 1 aliphatic rings. The molecule has 2 radical (unpaired) electrons. The van der Waals surface area contributed by atoms with Crippen LogP contribution in [0, 0.1) is 0 Å². The van der Waals surface area contributed by atoms with Crippen LogP contribution in [0.1, 0.15) is 15.9 Å². The largest absolute Gasteiger partial charge is 0.666 e. The molecule has 0 atom stereocenters. The van der Waals surface area contributed by atoms with Gasteiger partial charge in [0, 0.05) is 96.5 Å². The number of nitrogens with one attached hydrogen (secondary N) is 4. The van der Waals surface area contributed by atoms with Gasteiger partial charge in [0.15, 0.2) is 11.6 Å². The first kappa shape index (κ1) is 39.0.